The highest BCUT2D eigenvalue weighted by atomic mass is 35.5. The maximum atomic E-state index is 12.3. The third-order valence-corrected chi connectivity index (χ3v) is 2.48. The molecule has 2 rings (SSSR count). The molecular weight excluding hydrogens is 297 g/mol. The van der Waals surface area contributed by atoms with Crippen molar-refractivity contribution in [3.63, 3.8) is 0 Å². The molecule has 2 aromatic heterocycles. The van der Waals surface area contributed by atoms with E-state index in [4.69, 9.17) is 11.6 Å². The number of hydrogen-bond donors (Lipinski definition) is 1. The molecule has 0 aliphatic carbocycles. The molecule has 1 N–H and O–H groups in total. The first kappa shape index (κ1) is 14.2. The number of carbonyl (C=O) groups excluding carboxylic acids is 1. The second-order valence-electron chi connectivity index (χ2n) is 3.58. The van der Waals surface area contributed by atoms with Crippen LogP contribution in [0.25, 0.3) is 0 Å². The summed E-state index contributed by atoms with van der Waals surface area (Å²) in [5, 5.41) is 2.29. The van der Waals surface area contributed by atoms with Crippen LogP contribution >= 0.6 is 11.6 Å². The van der Waals surface area contributed by atoms with E-state index in [0.717, 1.165) is 12.3 Å². The van der Waals surface area contributed by atoms with Crippen LogP contribution in [0.2, 0.25) is 5.15 Å². The molecule has 2 heterocycles. The smallest absolute Gasteiger partial charge is 0.304 e. The summed E-state index contributed by atoms with van der Waals surface area (Å²) in [6.45, 7) is 0. The Morgan fingerprint density at radius 1 is 1.15 bits per heavy atom. The van der Waals surface area contributed by atoms with Gasteiger partial charge < -0.3 is 5.32 Å². The maximum absolute atomic E-state index is 12.3. The fourth-order valence-corrected chi connectivity index (χ4v) is 1.43. The molecule has 0 spiro atoms. The number of rotatable bonds is 2. The molecule has 104 valence electrons. The van der Waals surface area contributed by atoms with Crippen molar-refractivity contribution < 1.29 is 18.0 Å². The Hall–Kier alpha value is -2.22. The Morgan fingerprint density at radius 3 is 2.40 bits per heavy atom. The van der Waals surface area contributed by atoms with Gasteiger partial charge in [0, 0.05) is 18.6 Å². The highest BCUT2D eigenvalue weighted by Crippen LogP contribution is 2.27. The van der Waals surface area contributed by atoms with E-state index < -0.39 is 17.8 Å². The summed E-state index contributed by atoms with van der Waals surface area (Å²) in [6.07, 6.45) is -1.09. The van der Waals surface area contributed by atoms with Crippen LogP contribution in [0.4, 0.5) is 19.0 Å². The summed E-state index contributed by atoms with van der Waals surface area (Å²) in [5.74, 6) is -0.673. The van der Waals surface area contributed by atoms with E-state index >= 15 is 0 Å². The zero-order valence-electron chi connectivity index (χ0n) is 9.65. The van der Waals surface area contributed by atoms with Gasteiger partial charge in [0.15, 0.2) is 11.0 Å². The van der Waals surface area contributed by atoms with Crippen molar-refractivity contribution in [2.75, 3.05) is 5.32 Å². The van der Waals surface area contributed by atoms with E-state index in [-0.39, 0.29) is 16.5 Å². The number of pyridine rings is 1. The Balaban J connectivity index is 2.16. The lowest BCUT2D eigenvalue weighted by Crippen LogP contribution is -2.15. The molecule has 0 radical (unpaired) electrons. The molecule has 0 atom stereocenters. The molecule has 20 heavy (non-hydrogen) atoms. The molecule has 0 aliphatic heterocycles. The summed E-state index contributed by atoms with van der Waals surface area (Å²) >= 11 is 5.69. The first-order chi connectivity index (χ1) is 9.38. The number of alkyl halides is 3. The van der Waals surface area contributed by atoms with Crippen LogP contribution in [0.15, 0.2) is 30.7 Å². The quantitative estimate of drug-likeness (QED) is 0.926. The van der Waals surface area contributed by atoms with Gasteiger partial charge in [0.25, 0.3) is 5.91 Å². The predicted octanol–water partition coefficient (Wildman–Crippen LogP) is 2.80. The number of amides is 1. The fraction of sp³-hybridized carbons (Fsp3) is 0.0909. The molecule has 5 nitrogen and oxygen atoms in total. The van der Waals surface area contributed by atoms with Gasteiger partial charge in [-0.25, -0.2) is 9.97 Å². The molecule has 0 unspecified atom stereocenters. The van der Waals surface area contributed by atoms with E-state index in [1.165, 1.54) is 12.4 Å². The Morgan fingerprint density at radius 2 is 1.85 bits per heavy atom. The topological polar surface area (TPSA) is 67.8 Å². The van der Waals surface area contributed by atoms with Crippen molar-refractivity contribution in [3.05, 3.63) is 47.1 Å². The highest BCUT2D eigenvalue weighted by Gasteiger charge is 2.32. The Labute approximate surface area is 115 Å². The van der Waals surface area contributed by atoms with Crippen molar-refractivity contribution >= 4 is 23.3 Å². The minimum absolute atomic E-state index is 0.0130. The van der Waals surface area contributed by atoms with Gasteiger partial charge in [-0.2, -0.15) is 13.2 Å². The van der Waals surface area contributed by atoms with Crippen molar-refractivity contribution in [1.29, 1.82) is 0 Å². The summed E-state index contributed by atoms with van der Waals surface area (Å²) in [5.41, 5.74) is -1.13. The molecule has 0 saturated carbocycles. The average molecular weight is 303 g/mol. The number of anilines is 1. The fourth-order valence-electron chi connectivity index (χ4n) is 1.28. The Kier molecular flexibility index (Phi) is 3.84. The van der Waals surface area contributed by atoms with Crippen LogP contribution < -0.4 is 5.32 Å². The third kappa shape index (κ3) is 3.21. The summed E-state index contributed by atoms with van der Waals surface area (Å²) in [7, 11) is 0. The lowest BCUT2D eigenvalue weighted by atomic mass is 10.2. The van der Waals surface area contributed by atoms with Gasteiger partial charge >= 0.3 is 6.18 Å². The molecule has 0 saturated heterocycles. The lowest BCUT2D eigenvalue weighted by molar-refractivity contribution is -0.141. The first-order valence-electron chi connectivity index (χ1n) is 5.19. The van der Waals surface area contributed by atoms with E-state index in [1.807, 2.05) is 0 Å². The molecule has 0 aliphatic rings. The standard InChI is InChI=1S/C11H6ClF3N4O/c12-8-9(17-4-3-16-8)19-10(20)6-1-2-7(18-5-6)11(13,14)15/h1-5H,(H,17,19,20). The van der Waals surface area contributed by atoms with Crippen LogP contribution in [0, 0.1) is 0 Å². The number of halogens is 4. The van der Waals surface area contributed by atoms with Crippen LogP contribution in [0.5, 0.6) is 0 Å². The van der Waals surface area contributed by atoms with E-state index in [9.17, 15) is 18.0 Å². The molecule has 0 aromatic carbocycles. The molecule has 0 fully saturated rings. The summed E-state index contributed by atoms with van der Waals surface area (Å²) in [6, 6.07) is 1.72. The normalized spacial score (nSPS) is 11.2. The van der Waals surface area contributed by atoms with Crippen molar-refractivity contribution in [2.24, 2.45) is 0 Å². The van der Waals surface area contributed by atoms with Crippen LogP contribution in [-0.4, -0.2) is 20.9 Å². The Bertz CT molecular complexity index is 630. The predicted molar refractivity (Wildman–Crippen MR) is 64.2 cm³/mol. The van der Waals surface area contributed by atoms with E-state index in [0.29, 0.717) is 6.07 Å². The van der Waals surface area contributed by atoms with Gasteiger partial charge in [-0.3, -0.25) is 9.78 Å². The van der Waals surface area contributed by atoms with Gasteiger partial charge in [0.05, 0.1) is 5.56 Å². The van der Waals surface area contributed by atoms with Gasteiger partial charge in [0.2, 0.25) is 0 Å². The SMILES string of the molecule is O=C(Nc1nccnc1Cl)c1ccc(C(F)(F)F)nc1. The number of nitrogens with zero attached hydrogens (tertiary/aromatic N) is 3. The number of carbonyl (C=O) groups is 1. The summed E-state index contributed by atoms with van der Waals surface area (Å²) < 4.78 is 37.0. The molecule has 9 heteroatoms. The molecule has 0 bridgehead atoms. The van der Waals surface area contributed by atoms with Crippen molar-refractivity contribution in [2.45, 2.75) is 6.18 Å². The van der Waals surface area contributed by atoms with Gasteiger partial charge in [-0.05, 0) is 12.1 Å². The third-order valence-electron chi connectivity index (χ3n) is 2.20. The highest BCUT2D eigenvalue weighted by molar-refractivity contribution is 6.32. The van der Waals surface area contributed by atoms with Crippen LogP contribution in [0.3, 0.4) is 0 Å². The van der Waals surface area contributed by atoms with E-state index in [1.54, 1.807) is 0 Å². The number of hydrogen-bond acceptors (Lipinski definition) is 4. The van der Waals surface area contributed by atoms with Gasteiger partial charge in [-0.15, -0.1) is 0 Å². The van der Waals surface area contributed by atoms with Gasteiger partial charge in [-0.1, -0.05) is 11.6 Å². The second kappa shape index (κ2) is 5.41. The molecular formula is C11H6ClF3N4O. The second-order valence-corrected chi connectivity index (χ2v) is 3.94. The number of aromatic nitrogens is 3. The van der Waals surface area contributed by atoms with Crippen molar-refractivity contribution in [1.82, 2.24) is 15.0 Å². The van der Waals surface area contributed by atoms with Crippen LogP contribution in [-0.2, 0) is 6.18 Å². The zero-order valence-corrected chi connectivity index (χ0v) is 10.4. The minimum Gasteiger partial charge on any atom is -0.304 e. The first-order valence-corrected chi connectivity index (χ1v) is 5.57. The van der Waals surface area contributed by atoms with Crippen molar-refractivity contribution in [3.8, 4) is 0 Å². The zero-order chi connectivity index (χ0) is 14.8. The summed E-state index contributed by atoms with van der Waals surface area (Å²) in [4.78, 5) is 22.4. The maximum Gasteiger partial charge on any atom is 0.433 e. The van der Waals surface area contributed by atoms with E-state index in [2.05, 4.69) is 20.3 Å². The molecule has 1 amide bonds. The minimum atomic E-state index is -4.55. The van der Waals surface area contributed by atoms with Gasteiger partial charge in [0.1, 0.15) is 5.69 Å². The molecule has 2 aromatic rings. The average Bonchev–Trinajstić information content (AvgIpc) is 2.40. The number of nitrogens with one attached hydrogen (secondary N) is 1. The largest absolute Gasteiger partial charge is 0.433 e. The van der Waals surface area contributed by atoms with Crippen LogP contribution in [0.1, 0.15) is 16.1 Å². The lowest BCUT2D eigenvalue weighted by Gasteiger charge is -2.07. The monoisotopic (exact) mass is 302 g/mol.